The van der Waals surface area contributed by atoms with Gasteiger partial charge in [0.2, 0.25) is 10.0 Å². The maximum absolute atomic E-state index is 11.8. The van der Waals surface area contributed by atoms with Crippen molar-refractivity contribution >= 4 is 33.3 Å². The lowest BCUT2D eigenvalue weighted by Gasteiger charge is -2.19. The quantitative estimate of drug-likeness (QED) is 0.804. The molecule has 0 saturated carbocycles. The van der Waals surface area contributed by atoms with Gasteiger partial charge in [-0.05, 0) is 26.8 Å². The van der Waals surface area contributed by atoms with Gasteiger partial charge in [-0.15, -0.1) is 11.3 Å². The van der Waals surface area contributed by atoms with Gasteiger partial charge in [0.15, 0.2) is 0 Å². The van der Waals surface area contributed by atoms with Gasteiger partial charge < -0.3 is 9.84 Å². The molecule has 0 unspecified atom stereocenters. The number of ether oxygens (including phenoxy) is 1. The van der Waals surface area contributed by atoms with Crippen molar-refractivity contribution in [3.63, 3.8) is 0 Å². The van der Waals surface area contributed by atoms with E-state index in [2.05, 4.69) is 0 Å². The normalized spacial score (nSPS) is 12.2. The van der Waals surface area contributed by atoms with E-state index in [1.54, 1.807) is 20.8 Å². The van der Waals surface area contributed by atoms with Crippen molar-refractivity contribution in [2.75, 3.05) is 0 Å². The molecule has 1 rings (SSSR count). The number of hydrogen-bond acceptors (Lipinski definition) is 6. The molecule has 0 atom stereocenters. The van der Waals surface area contributed by atoms with Gasteiger partial charge in [0.05, 0.1) is 0 Å². The predicted molar refractivity (Wildman–Crippen MR) is 67.8 cm³/mol. The van der Waals surface area contributed by atoms with E-state index >= 15 is 0 Å². The first-order valence-electron chi connectivity index (χ1n) is 5.05. The van der Waals surface area contributed by atoms with Crippen molar-refractivity contribution < 1.29 is 27.9 Å². The number of thiophene rings is 1. The molecule has 0 amide bonds. The van der Waals surface area contributed by atoms with Crippen LogP contribution in [0.1, 0.15) is 40.1 Å². The van der Waals surface area contributed by atoms with E-state index in [0.717, 1.165) is 6.07 Å². The fraction of sp³-hybridized carbons (Fsp3) is 0.400. The summed E-state index contributed by atoms with van der Waals surface area (Å²) in [6.07, 6.45) is 0. The lowest BCUT2D eigenvalue weighted by atomic mass is 10.2. The van der Waals surface area contributed by atoms with Crippen molar-refractivity contribution in [3.8, 4) is 0 Å². The SMILES string of the molecule is CC(C)(C)OC(=O)c1sc(C(=O)O)cc1S(N)(=O)=O. The number of sulfonamides is 1. The zero-order valence-corrected chi connectivity index (χ0v) is 12.1. The molecule has 0 radical (unpaired) electrons. The number of carbonyl (C=O) groups excluding carboxylic acids is 1. The van der Waals surface area contributed by atoms with Crippen molar-refractivity contribution in [1.82, 2.24) is 0 Å². The van der Waals surface area contributed by atoms with Crippen molar-refractivity contribution in [3.05, 3.63) is 15.8 Å². The average Bonchev–Trinajstić information content (AvgIpc) is 2.57. The fourth-order valence-corrected chi connectivity index (χ4v) is 3.10. The molecule has 0 bridgehead atoms. The molecule has 0 aromatic carbocycles. The predicted octanol–water partition coefficient (Wildman–Crippen LogP) is 1.05. The smallest absolute Gasteiger partial charge is 0.350 e. The van der Waals surface area contributed by atoms with Crippen molar-refractivity contribution in [2.24, 2.45) is 5.14 Å². The van der Waals surface area contributed by atoms with E-state index in [1.807, 2.05) is 0 Å². The molecule has 0 saturated heterocycles. The van der Waals surface area contributed by atoms with Crippen LogP contribution in [0.3, 0.4) is 0 Å². The second-order valence-corrected chi connectivity index (χ2v) is 7.24. The number of aromatic carboxylic acids is 1. The van der Waals surface area contributed by atoms with E-state index < -0.39 is 32.5 Å². The van der Waals surface area contributed by atoms with Crippen LogP contribution in [0.25, 0.3) is 0 Å². The number of nitrogens with two attached hydrogens (primary N) is 1. The Morgan fingerprint density at radius 1 is 1.37 bits per heavy atom. The molecular weight excluding hydrogens is 294 g/mol. The first-order chi connectivity index (χ1) is 8.42. The molecule has 7 nitrogen and oxygen atoms in total. The van der Waals surface area contributed by atoms with Crippen LogP contribution in [-0.4, -0.2) is 31.1 Å². The highest BCUT2D eigenvalue weighted by Crippen LogP contribution is 2.28. The molecule has 1 aromatic rings. The molecule has 0 aliphatic carbocycles. The molecule has 0 spiro atoms. The Balaban J connectivity index is 3.34. The molecule has 9 heteroatoms. The van der Waals surface area contributed by atoms with E-state index in [0.29, 0.717) is 11.3 Å². The Bertz CT molecular complexity index is 623. The molecular formula is C10H13NO6S2. The first-order valence-corrected chi connectivity index (χ1v) is 7.41. The molecule has 106 valence electrons. The van der Waals surface area contributed by atoms with Gasteiger partial charge in [-0.25, -0.2) is 23.1 Å². The van der Waals surface area contributed by atoms with Crippen molar-refractivity contribution in [2.45, 2.75) is 31.3 Å². The zero-order chi connectivity index (χ0) is 15.0. The number of carbonyl (C=O) groups is 2. The Morgan fingerprint density at radius 2 is 1.89 bits per heavy atom. The topological polar surface area (TPSA) is 124 Å². The Morgan fingerprint density at radius 3 is 2.26 bits per heavy atom. The van der Waals surface area contributed by atoms with Gasteiger partial charge in [0.25, 0.3) is 0 Å². The summed E-state index contributed by atoms with van der Waals surface area (Å²) in [5.41, 5.74) is -0.833. The molecule has 0 fully saturated rings. The summed E-state index contributed by atoms with van der Waals surface area (Å²) in [6.45, 7) is 4.81. The number of primary sulfonamides is 1. The zero-order valence-electron chi connectivity index (χ0n) is 10.5. The van der Waals surface area contributed by atoms with Gasteiger partial charge >= 0.3 is 11.9 Å². The molecule has 1 aromatic heterocycles. The summed E-state index contributed by atoms with van der Waals surface area (Å²) in [5, 5.41) is 13.8. The van der Waals surface area contributed by atoms with E-state index in [4.69, 9.17) is 15.0 Å². The average molecular weight is 307 g/mol. The third kappa shape index (κ3) is 4.01. The van der Waals surface area contributed by atoms with Gasteiger partial charge in [0, 0.05) is 0 Å². The van der Waals surface area contributed by atoms with Crippen LogP contribution in [0.15, 0.2) is 11.0 Å². The van der Waals surface area contributed by atoms with E-state index in [9.17, 15) is 18.0 Å². The number of esters is 1. The summed E-state index contributed by atoms with van der Waals surface area (Å²) < 4.78 is 27.7. The standard InChI is InChI=1S/C10H13NO6S2/c1-10(2,3)17-9(14)7-6(19(11,15)16)4-5(18-7)8(12)13/h4H,1-3H3,(H,12,13)(H2,11,15,16). The summed E-state index contributed by atoms with van der Waals surface area (Å²) in [7, 11) is -4.20. The van der Waals surface area contributed by atoms with Gasteiger partial charge in [-0.2, -0.15) is 0 Å². The van der Waals surface area contributed by atoms with Crippen LogP contribution in [0, 0.1) is 0 Å². The highest BCUT2D eigenvalue weighted by Gasteiger charge is 2.29. The summed E-state index contributed by atoms with van der Waals surface area (Å²) in [6, 6.07) is 0.849. The van der Waals surface area contributed by atoms with Gasteiger partial charge in [-0.3, -0.25) is 0 Å². The minimum absolute atomic E-state index is 0.301. The summed E-state index contributed by atoms with van der Waals surface area (Å²) in [5.74, 6) is -2.27. The van der Waals surface area contributed by atoms with Crippen LogP contribution in [0.5, 0.6) is 0 Å². The Hall–Kier alpha value is -1.45. The first kappa shape index (κ1) is 15.6. The molecule has 3 N–H and O–H groups in total. The number of carboxylic acid groups (broad SMARTS) is 1. The minimum Gasteiger partial charge on any atom is -0.477 e. The van der Waals surface area contributed by atoms with Crippen molar-refractivity contribution in [1.29, 1.82) is 0 Å². The number of hydrogen-bond donors (Lipinski definition) is 2. The number of rotatable bonds is 3. The highest BCUT2D eigenvalue weighted by molar-refractivity contribution is 7.89. The number of carboxylic acids is 1. The highest BCUT2D eigenvalue weighted by atomic mass is 32.2. The minimum atomic E-state index is -4.20. The second-order valence-electron chi connectivity index (χ2n) is 4.66. The Labute approximate surface area is 114 Å². The lowest BCUT2D eigenvalue weighted by molar-refractivity contribution is 0.00711. The monoisotopic (exact) mass is 307 g/mol. The maximum Gasteiger partial charge on any atom is 0.350 e. The molecule has 19 heavy (non-hydrogen) atoms. The summed E-state index contributed by atoms with van der Waals surface area (Å²) >= 11 is 0.510. The van der Waals surface area contributed by atoms with E-state index in [1.165, 1.54) is 0 Å². The van der Waals surface area contributed by atoms with Crippen LogP contribution in [-0.2, 0) is 14.8 Å². The summed E-state index contributed by atoms with van der Waals surface area (Å²) in [4.78, 5) is 21.5. The Kier molecular flexibility index (Phi) is 4.03. The van der Waals surface area contributed by atoms with E-state index in [-0.39, 0.29) is 9.75 Å². The van der Waals surface area contributed by atoms with Crippen LogP contribution in [0.4, 0.5) is 0 Å². The molecule has 0 aliphatic rings. The van der Waals surface area contributed by atoms with Gasteiger partial charge in [-0.1, -0.05) is 0 Å². The van der Waals surface area contributed by atoms with Crippen LogP contribution in [0.2, 0.25) is 0 Å². The fourth-order valence-electron chi connectivity index (χ4n) is 1.16. The van der Waals surface area contributed by atoms with Crippen LogP contribution >= 0.6 is 11.3 Å². The second kappa shape index (κ2) is 4.91. The molecule has 1 heterocycles. The third-order valence-corrected chi connectivity index (χ3v) is 3.97. The maximum atomic E-state index is 11.8. The van der Waals surface area contributed by atoms with Crippen LogP contribution < -0.4 is 5.14 Å². The third-order valence-electron chi connectivity index (χ3n) is 1.80. The lowest BCUT2D eigenvalue weighted by Crippen LogP contribution is -2.25. The van der Waals surface area contributed by atoms with Gasteiger partial charge in [0.1, 0.15) is 20.3 Å². The molecule has 0 aliphatic heterocycles. The largest absolute Gasteiger partial charge is 0.477 e.